The molecule has 0 aliphatic heterocycles. The third-order valence-corrected chi connectivity index (χ3v) is 6.56. The van der Waals surface area contributed by atoms with Crippen molar-refractivity contribution in [2.75, 3.05) is 0 Å². The molecule has 0 atom stereocenters. The van der Waals surface area contributed by atoms with Gasteiger partial charge < -0.3 is 19.8 Å². The van der Waals surface area contributed by atoms with Crippen molar-refractivity contribution in [2.24, 2.45) is 7.05 Å². The molecule has 13 heteroatoms. The number of ether oxygens (including phenoxy) is 2. The Bertz CT molecular complexity index is 1910. The predicted molar refractivity (Wildman–Crippen MR) is 152 cm³/mol. The van der Waals surface area contributed by atoms with Crippen molar-refractivity contribution < 1.29 is 32.2 Å². The molecule has 5 aromatic rings. The van der Waals surface area contributed by atoms with Crippen molar-refractivity contribution >= 4 is 33.9 Å². The molecule has 1 amide bonds. The number of carbonyl (C=O) groups excluding carboxylic acids is 2. The average Bonchev–Trinajstić information content (AvgIpc) is 3.48. The molecule has 10 nitrogen and oxygen atoms in total. The van der Waals surface area contributed by atoms with E-state index in [1.807, 2.05) is 0 Å². The molecule has 0 saturated heterocycles. The average molecular weight is 596 g/mol. The van der Waals surface area contributed by atoms with E-state index >= 15 is 0 Å². The lowest BCUT2D eigenvalue weighted by molar-refractivity contribution is -0.139. The van der Waals surface area contributed by atoms with Gasteiger partial charge in [-0.1, -0.05) is 12.1 Å². The topological polar surface area (TPSA) is 120 Å². The molecule has 224 valence electrons. The third-order valence-electron chi connectivity index (χ3n) is 6.56. The zero-order valence-electron chi connectivity index (χ0n) is 23.7. The van der Waals surface area contributed by atoms with Crippen LogP contribution in [-0.2, 0) is 31.1 Å². The lowest BCUT2D eigenvalue weighted by Crippen LogP contribution is -2.27. The fourth-order valence-electron chi connectivity index (χ4n) is 4.48. The maximum atomic E-state index is 13.8. The fourth-order valence-corrected chi connectivity index (χ4v) is 4.48. The first-order valence-electron chi connectivity index (χ1n) is 13.2. The Morgan fingerprint density at radius 2 is 1.70 bits per heavy atom. The molecule has 0 fully saturated rings. The minimum atomic E-state index is -4.67. The molecule has 3 aromatic carbocycles. The highest BCUT2D eigenvalue weighted by Gasteiger charge is 2.34. The lowest BCUT2D eigenvalue weighted by atomic mass is 10.1. The maximum absolute atomic E-state index is 13.8. The van der Waals surface area contributed by atoms with Crippen molar-refractivity contribution in [3.63, 3.8) is 0 Å². The molecule has 0 spiro atoms. The van der Waals surface area contributed by atoms with Crippen molar-refractivity contribution in [2.45, 2.75) is 45.7 Å². The number of imidazole rings is 1. The molecule has 0 aliphatic rings. The van der Waals surface area contributed by atoms with Gasteiger partial charge in [-0.05, 0) is 74.4 Å². The van der Waals surface area contributed by atoms with E-state index in [0.717, 1.165) is 10.7 Å². The highest BCUT2D eigenvalue weighted by molar-refractivity contribution is 5.97. The van der Waals surface area contributed by atoms with Crippen LogP contribution < -0.4 is 15.7 Å². The monoisotopic (exact) mass is 595 g/mol. The van der Waals surface area contributed by atoms with Gasteiger partial charge in [-0.25, -0.2) is 9.59 Å². The summed E-state index contributed by atoms with van der Waals surface area (Å²) in [6.45, 7) is 4.95. The van der Waals surface area contributed by atoms with Crippen molar-refractivity contribution in [1.82, 2.24) is 24.6 Å². The first-order chi connectivity index (χ1) is 20.2. The number of H-pyrrole nitrogens is 1. The van der Waals surface area contributed by atoms with Gasteiger partial charge in [0.05, 0.1) is 28.3 Å². The standard InChI is InChI=1S/C30H28F3N5O5/c1-29(2,3)43-28(41)38-23-9-6-18(11-20(23)15-35-38)16-42-25-12-17(5-8-21(25)30(31,32)33)14-34-26(39)19-7-10-24-22(13-19)36-27(40)37(24)4/h5-13,15H,14,16H2,1-4H3,(H,34,39)(H,36,40). The first kappa shape index (κ1) is 29.4. The second-order valence-electron chi connectivity index (χ2n) is 11.0. The van der Waals surface area contributed by atoms with E-state index in [1.54, 1.807) is 58.2 Å². The number of alkyl halides is 3. The number of aromatic amines is 1. The molecular weight excluding hydrogens is 567 g/mol. The number of halogens is 3. The Kier molecular flexibility index (Phi) is 7.51. The molecule has 43 heavy (non-hydrogen) atoms. The zero-order chi connectivity index (χ0) is 31.1. The van der Waals surface area contributed by atoms with Gasteiger partial charge in [-0.2, -0.15) is 23.0 Å². The zero-order valence-corrected chi connectivity index (χ0v) is 23.7. The maximum Gasteiger partial charge on any atom is 0.435 e. The summed E-state index contributed by atoms with van der Waals surface area (Å²) < 4.78 is 54.8. The predicted octanol–water partition coefficient (Wildman–Crippen LogP) is 5.53. The van der Waals surface area contributed by atoms with Gasteiger partial charge in [-0.15, -0.1) is 0 Å². The summed E-state index contributed by atoms with van der Waals surface area (Å²) in [7, 11) is 1.60. The van der Waals surface area contributed by atoms with Crippen molar-refractivity contribution in [1.29, 1.82) is 0 Å². The second kappa shape index (κ2) is 11.0. The summed E-state index contributed by atoms with van der Waals surface area (Å²) in [6.07, 6.45) is -3.86. The third kappa shape index (κ3) is 6.40. The summed E-state index contributed by atoms with van der Waals surface area (Å²) in [6, 6.07) is 13.0. The molecule has 0 bridgehead atoms. The number of rotatable bonds is 6. The summed E-state index contributed by atoms with van der Waals surface area (Å²) in [4.78, 5) is 39.7. The number of hydrogen-bond donors (Lipinski definition) is 2. The highest BCUT2D eigenvalue weighted by Crippen LogP contribution is 2.37. The van der Waals surface area contributed by atoms with E-state index in [2.05, 4.69) is 15.4 Å². The van der Waals surface area contributed by atoms with Crippen molar-refractivity contribution in [3.05, 3.63) is 93.5 Å². The van der Waals surface area contributed by atoms with Gasteiger partial charge in [-0.3, -0.25) is 9.36 Å². The van der Waals surface area contributed by atoms with Crippen LogP contribution in [0.3, 0.4) is 0 Å². The van der Waals surface area contributed by atoms with Crippen LogP contribution >= 0.6 is 0 Å². The van der Waals surface area contributed by atoms with Crippen LogP contribution in [0.15, 0.2) is 65.6 Å². The quantitative estimate of drug-likeness (QED) is 0.267. The molecule has 2 aromatic heterocycles. The molecule has 2 heterocycles. The number of aromatic nitrogens is 4. The summed E-state index contributed by atoms with van der Waals surface area (Å²) >= 11 is 0. The van der Waals surface area contributed by atoms with Crippen LogP contribution in [0.25, 0.3) is 21.9 Å². The number of benzene rings is 3. The number of nitrogens with zero attached hydrogens (tertiary/aromatic N) is 3. The van der Waals surface area contributed by atoms with E-state index in [-0.39, 0.29) is 24.4 Å². The van der Waals surface area contributed by atoms with Gasteiger partial charge in [0.1, 0.15) is 18.0 Å². The Hall–Kier alpha value is -5.07. The van der Waals surface area contributed by atoms with E-state index in [9.17, 15) is 27.6 Å². The number of aryl methyl sites for hydroxylation is 1. The highest BCUT2D eigenvalue weighted by atomic mass is 19.4. The largest absolute Gasteiger partial charge is 0.488 e. The molecule has 5 rings (SSSR count). The number of fused-ring (bicyclic) bond motifs is 2. The summed E-state index contributed by atoms with van der Waals surface area (Å²) in [5, 5.41) is 7.34. The normalized spacial score (nSPS) is 12.1. The number of nitrogens with one attached hydrogen (secondary N) is 2. The Morgan fingerprint density at radius 1 is 0.977 bits per heavy atom. The summed E-state index contributed by atoms with van der Waals surface area (Å²) in [5.74, 6) is -0.860. The number of hydrogen-bond acceptors (Lipinski definition) is 6. The van der Waals surface area contributed by atoms with Crippen LogP contribution in [0.5, 0.6) is 5.75 Å². The number of amides is 1. The van der Waals surface area contributed by atoms with Gasteiger partial charge in [0.15, 0.2) is 0 Å². The Balaban J connectivity index is 1.31. The van der Waals surface area contributed by atoms with Gasteiger partial charge in [0.2, 0.25) is 0 Å². The minimum absolute atomic E-state index is 0.0630. The van der Waals surface area contributed by atoms with Gasteiger partial charge in [0.25, 0.3) is 5.91 Å². The smallest absolute Gasteiger partial charge is 0.435 e. The van der Waals surface area contributed by atoms with Crippen LogP contribution in [0.4, 0.5) is 18.0 Å². The van der Waals surface area contributed by atoms with Crippen LogP contribution in [0.1, 0.15) is 47.8 Å². The molecule has 0 saturated carbocycles. The van der Waals surface area contributed by atoms with Crippen LogP contribution in [-0.4, -0.2) is 36.9 Å². The fraction of sp³-hybridized carbons (Fsp3) is 0.267. The second-order valence-corrected chi connectivity index (χ2v) is 11.0. The number of carbonyl (C=O) groups is 2. The van der Waals surface area contributed by atoms with E-state index in [0.29, 0.717) is 33.1 Å². The van der Waals surface area contributed by atoms with Crippen LogP contribution in [0, 0.1) is 0 Å². The molecule has 0 radical (unpaired) electrons. The summed E-state index contributed by atoms with van der Waals surface area (Å²) in [5.41, 5.74) is 0.822. The minimum Gasteiger partial charge on any atom is -0.488 e. The Labute approximate surface area is 243 Å². The molecular formula is C30H28F3N5O5. The van der Waals surface area contributed by atoms with Gasteiger partial charge in [0, 0.05) is 24.5 Å². The molecule has 0 unspecified atom stereocenters. The molecule has 2 N–H and O–H groups in total. The SMILES string of the molecule is Cn1c(=O)[nH]c2cc(C(=O)NCc3ccc(C(F)(F)F)c(OCc4ccc5c(cnn5C(=O)OC(C)(C)C)c4)c3)ccc21. The van der Waals surface area contributed by atoms with Crippen LogP contribution in [0.2, 0.25) is 0 Å². The van der Waals surface area contributed by atoms with Crippen molar-refractivity contribution in [3.8, 4) is 5.75 Å². The van der Waals surface area contributed by atoms with E-state index in [1.165, 1.54) is 29.0 Å². The van der Waals surface area contributed by atoms with E-state index in [4.69, 9.17) is 9.47 Å². The molecule has 0 aliphatic carbocycles. The first-order valence-corrected chi connectivity index (χ1v) is 13.2. The Morgan fingerprint density at radius 3 is 2.42 bits per heavy atom. The lowest BCUT2D eigenvalue weighted by Gasteiger charge is -2.19. The van der Waals surface area contributed by atoms with Gasteiger partial charge >= 0.3 is 18.0 Å². The van der Waals surface area contributed by atoms with E-state index < -0.39 is 35.1 Å².